The van der Waals surface area contributed by atoms with Crippen LogP contribution in [-0.4, -0.2) is 45.7 Å². The summed E-state index contributed by atoms with van der Waals surface area (Å²) in [5, 5.41) is 3.27. The van der Waals surface area contributed by atoms with Gasteiger partial charge in [-0.1, -0.05) is 6.07 Å². The highest BCUT2D eigenvalue weighted by molar-refractivity contribution is 5.84. The summed E-state index contributed by atoms with van der Waals surface area (Å²) >= 11 is 0. The molecule has 0 amide bonds. The summed E-state index contributed by atoms with van der Waals surface area (Å²) in [4.78, 5) is 11.6. The molecular formula is C24H29F2N7. The number of likely N-dealkylation sites (tertiary alicyclic amines) is 1. The lowest BCUT2D eigenvalue weighted by Gasteiger charge is -2.40. The standard InChI is InChI=1S/C24H29F2N7/c1-24(14-3-4-20(28)19(26)9-14)17(12-29-23(31-24)33-7-5-15(27)6-8-33)16-10-21-22(11-18(16)25)32(2)13-30-21/h3-4,9-10,12-13,15,18H,5-8,11,27-28H2,1-2H3,(H,29,31). The fourth-order valence-corrected chi connectivity index (χ4v) is 4.88. The van der Waals surface area contributed by atoms with E-state index < -0.39 is 17.5 Å². The monoisotopic (exact) mass is 453 g/mol. The van der Waals surface area contributed by atoms with E-state index in [0.29, 0.717) is 22.7 Å². The molecule has 1 aliphatic carbocycles. The Bertz CT molecular complexity index is 1170. The number of nitrogens with one attached hydrogen (secondary N) is 1. The summed E-state index contributed by atoms with van der Waals surface area (Å²) in [6, 6.07) is 4.86. The molecular weight excluding hydrogens is 424 g/mol. The molecule has 0 radical (unpaired) electrons. The summed E-state index contributed by atoms with van der Waals surface area (Å²) in [5.41, 5.74) is 14.2. The summed E-state index contributed by atoms with van der Waals surface area (Å²) in [6.45, 7) is 3.43. The molecule has 2 unspecified atom stereocenters. The first kappa shape index (κ1) is 21.6. The molecule has 2 atom stereocenters. The number of hydrogen-bond donors (Lipinski definition) is 3. The third kappa shape index (κ3) is 3.70. The zero-order valence-corrected chi connectivity index (χ0v) is 18.9. The van der Waals surface area contributed by atoms with E-state index in [1.807, 2.05) is 18.5 Å². The number of aryl methyl sites for hydroxylation is 1. The predicted octanol–water partition coefficient (Wildman–Crippen LogP) is 2.60. The number of guanidine groups is 1. The van der Waals surface area contributed by atoms with Crippen LogP contribution in [0.15, 0.2) is 46.9 Å². The summed E-state index contributed by atoms with van der Waals surface area (Å²) in [5.74, 6) is 0.157. The minimum atomic E-state index is -1.23. The van der Waals surface area contributed by atoms with Gasteiger partial charge in [0.2, 0.25) is 0 Å². The highest BCUT2D eigenvalue weighted by Gasteiger charge is 2.41. The zero-order valence-electron chi connectivity index (χ0n) is 18.9. The van der Waals surface area contributed by atoms with E-state index in [4.69, 9.17) is 16.5 Å². The van der Waals surface area contributed by atoms with Gasteiger partial charge < -0.3 is 26.3 Å². The Labute approximate surface area is 191 Å². The lowest BCUT2D eigenvalue weighted by atomic mass is 9.77. The Morgan fingerprint density at radius 2 is 2.00 bits per heavy atom. The Morgan fingerprint density at radius 1 is 1.24 bits per heavy atom. The molecule has 0 bridgehead atoms. The number of nitrogens with zero attached hydrogens (tertiary/aromatic N) is 4. The van der Waals surface area contributed by atoms with Crippen LogP contribution >= 0.6 is 0 Å². The van der Waals surface area contributed by atoms with E-state index >= 15 is 4.39 Å². The van der Waals surface area contributed by atoms with E-state index in [1.165, 1.54) is 12.1 Å². The second-order valence-corrected chi connectivity index (χ2v) is 9.23. The molecule has 1 aromatic heterocycles. The first-order valence-electron chi connectivity index (χ1n) is 11.3. The molecule has 9 heteroatoms. The largest absolute Gasteiger partial charge is 0.396 e. The van der Waals surface area contributed by atoms with E-state index in [0.717, 1.165) is 37.3 Å². The number of piperidine rings is 1. The molecule has 1 fully saturated rings. The van der Waals surface area contributed by atoms with Gasteiger partial charge in [0.05, 0.1) is 17.7 Å². The highest BCUT2D eigenvalue weighted by atomic mass is 19.1. The van der Waals surface area contributed by atoms with Gasteiger partial charge in [-0.25, -0.2) is 18.8 Å². The number of aromatic nitrogens is 2. The zero-order chi connectivity index (χ0) is 23.3. The van der Waals surface area contributed by atoms with Crippen LogP contribution in [0.25, 0.3) is 6.08 Å². The second kappa shape index (κ2) is 7.98. The molecule has 2 aromatic rings. The van der Waals surface area contributed by atoms with Crippen molar-refractivity contribution >= 4 is 17.7 Å². The topological polar surface area (TPSA) is 97.5 Å². The SMILES string of the molecule is Cn1cnc2c1CC(F)C(C1=CNC(N3CCC(N)CC3)=NC1(C)c1ccc(N)c(F)c1)=C2. The van der Waals surface area contributed by atoms with Crippen molar-refractivity contribution in [1.82, 2.24) is 19.8 Å². The predicted molar refractivity (Wildman–Crippen MR) is 125 cm³/mol. The molecule has 3 heterocycles. The number of rotatable bonds is 2. The highest BCUT2D eigenvalue weighted by Crippen LogP contribution is 2.43. The number of aliphatic imine (C=N–C) groups is 1. The first-order valence-corrected chi connectivity index (χ1v) is 11.3. The molecule has 2 aliphatic heterocycles. The molecule has 3 aliphatic rings. The summed E-state index contributed by atoms with van der Waals surface area (Å²) in [7, 11) is 1.86. The first-order chi connectivity index (χ1) is 15.8. The average Bonchev–Trinajstić information content (AvgIpc) is 3.15. The van der Waals surface area contributed by atoms with Gasteiger partial charge in [-0.2, -0.15) is 0 Å². The maximum absolute atomic E-state index is 15.5. The quantitative estimate of drug-likeness (QED) is 0.608. The minimum absolute atomic E-state index is 0.0643. The molecule has 5 N–H and O–H groups in total. The van der Waals surface area contributed by atoms with Crippen LogP contribution in [0.5, 0.6) is 0 Å². The summed E-state index contributed by atoms with van der Waals surface area (Å²) in [6.07, 6.45) is 6.00. The van der Waals surface area contributed by atoms with Gasteiger partial charge >= 0.3 is 0 Å². The van der Waals surface area contributed by atoms with Crippen molar-refractivity contribution in [3.8, 4) is 0 Å². The Hall–Kier alpha value is -3.20. The van der Waals surface area contributed by atoms with Crippen molar-refractivity contribution in [3.05, 3.63) is 64.6 Å². The number of anilines is 1. The number of nitrogens with two attached hydrogens (primary N) is 2. The van der Waals surface area contributed by atoms with Crippen LogP contribution in [0.1, 0.15) is 36.7 Å². The smallest absolute Gasteiger partial charge is 0.199 e. The Kier molecular flexibility index (Phi) is 5.23. The molecule has 33 heavy (non-hydrogen) atoms. The number of alkyl halides is 1. The minimum Gasteiger partial charge on any atom is -0.396 e. The van der Waals surface area contributed by atoms with Crippen molar-refractivity contribution in [2.24, 2.45) is 17.8 Å². The van der Waals surface area contributed by atoms with E-state index in [-0.39, 0.29) is 18.2 Å². The third-order valence-electron chi connectivity index (χ3n) is 7.01. The van der Waals surface area contributed by atoms with Crippen LogP contribution in [0, 0.1) is 5.82 Å². The molecule has 5 rings (SSSR count). The number of hydrogen-bond acceptors (Lipinski definition) is 6. The van der Waals surface area contributed by atoms with Crippen LogP contribution in [0.4, 0.5) is 14.5 Å². The van der Waals surface area contributed by atoms with Gasteiger partial charge in [-0.05, 0) is 49.1 Å². The van der Waals surface area contributed by atoms with Crippen molar-refractivity contribution < 1.29 is 8.78 Å². The number of fused-ring (bicyclic) bond motifs is 1. The van der Waals surface area contributed by atoms with Crippen molar-refractivity contribution in [2.75, 3.05) is 18.8 Å². The van der Waals surface area contributed by atoms with Crippen molar-refractivity contribution in [1.29, 1.82) is 0 Å². The van der Waals surface area contributed by atoms with Crippen LogP contribution in [0.3, 0.4) is 0 Å². The van der Waals surface area contributed by atoms with Gasteiger partial charge in [0, 0.05) is 50.1 Å². The van der Waals surface area contributed by atoms with Crippen LogP contribution < -0.4 is 16.8 Å². The summed E-state index contributed by atoms with van der Waals surface area (Å²) < 4.78 is 31.9. The van der Waals surface area contributed by atoms with Gasteiger partial charge in [0.25, 0.3) is 0 Å². The van der Waals surface area contributed by atoms with E-state index in [9.17, 15) is 4.39 Å². The van der Waals surface area contributed by atoms with Crippen molar-refractivity contribution in [3.63, 3.8) is 0 Å². The Balaban J connectivity index is 1.60. The molecule has 1 saturated heterocycles. The number of benzene rings is 1. The fraction of sp³-hybridized carbons (Fsp3) is 0.417. The maximum Gasteiger partial charge on any atom is 0.199 e. The number of nitrogen functional groups attached to an aromatic ring is 1. The Morgan fingerprint density at radius 3 is 2.73 bits per heavy atom. The van der Waals surface area contributed by atoms with Gasteiger partial charge in [0.15, 0.2) is 5.96 Å². The third-order valence-corrected chi connectivity index (χ3v) is 7.01. The van der Waals surface area contributed by atoms with Gasteiger partial charge in [-0.15, -0.1) is 0 Å². The maximum atomic E-state index is 15.5. The molecule has 1 aromatic carbocycles. The van der Waals surface area contributed by atoms with Gasteiger partial charge in [0.1, 0.15) is 17.5 Å². The van der Waals surface area contributed by atoms with Gasteiger partial charge in [-0.3, -0.25) is 0 Å². The molecule has 7 nitrogen and oxygen atoms in total. The van der Waals surface area contributed by atoms with E-state index in [1.54, 1.807) is 24.7 Å². The number of imidazole rings is 1. The van der Waals surface area contributed by atoms with Crippen LogP contribution in [0.2, 0.25) is 0 Å². The van der Waals surface area contributed by atoms with Crippen molar-refractivity contribution in [2.45, 2.75) is 43.9 Å². The lowest BCUT2D eigenvalue weighted by molar-refractivity contribution is 0.302. The normalized spacial score (nSPS) is 25.7. The fourth-order valence-electron chi connectivity index (χ4n) is 4.88. The molecule has 0 saturated carbocycles. The van der Waals surface area contributed by atoms with E-state index in [2.05, 4.69) is 15.2 Å². The number of halogens is 2. The second-order valence-electron chi connectivity index (χ2n) is 9.23. The molecule has 0 spiro atoms. The molecule has 174 valence electrons. The van der Waals surface area contributed by atoms with Crippen LogP contribution in [-0.2, 0) is 19.0 Å². The average molecular weight is 454 g/mol. The lowest BCUT2D eigenvalue weighted by Crippen LogP contribution is -2.50.